The average Bonchev–Trinajstić information content (AvgIpc) is 2.80. The summed E-state index contributed by atoms with van der Waals surface area (Å²) in [6.45, 7) is 0.574. The van der Waals surface area contributed by atoms with E-state index in [1.807, 2.05) is 42.5 Å². The monoisotopic (exact) mass is 296 g/mol. The van der Waals surface area contributed by atoms with Crippen molar-refractivity contribution in [3.8, 4) is 5.75 Å². The van der Waals surface area contributed by atoms with Gasteiger partial charge in [-0.15, -0.1) is 0 Å². The smallest absolute Gasteiger partial charge is 0.119 e. The van der Waals surface area contributed by atoms with E-state index in [9.17, 15) is 5.11 Å². The zero-order chi connectivity index (χ0) is 15.3. The van der Waals surface area contributed by atoms with Crippen molar-refractivity contribution in [3.05, 3.63) is 65.7 Å². The van der Waals surface area contributed by atoms with E-state index in [0.717, 1.165) is 42.6 Å². The average molecular weight is 296 g/mol. The molecular weight excluding hydrogens is 272 g/mol. The number of hydrogen-bond donors (Lipinski definition) is 1. The van der Waals surface area contributed by atoms with Crippen molar-refractivity contribution >= 4 is 0 Å². The normalized spacial score (nSPS) is 17.7. The maximum Gasteiger partial charge on any atom is 0.119 e. The molecule has 0 saturated heterocycles. The molecule has 2 nitrogen and oxygen atoms in total. The van der Waals surface area contributed by atoms with Crippen LogP contribution in [0.1, 0.15) is 49.7 Å². The van der Waals surface area contributed by atoms with Crippen LogP contribution in [0.2, 0.25) is 0 Å². The highest BCUT2D eigenvalue weighted by molar-refractivity contribution is 5.31. The third kappa shape index (κ3) is 3.69. The molecule has 0 atom stereocenters. The SMILES string of the molecule is OC1(c2ccc(OCc3ccccc3)cc2)CCCCCC1. The van der Waals surface area contributed by atoms with E-state index < -0.39 is 5.60 Å². The van der Waals surface area contributed by atoms with Gasteiger partial charge in [-0.25, -0.2) is 0 Å². The molecule has 0 bridgehead atoms. The van der Waals surface area contributed by atoms with E-state index >= 15 is 0 Å². The Morgan fingerprint density at radius 3 is 2.09 bits per heavy atom. The van der Waals surface area contributed by atoms with Gasteiger partial charge in [-0.1, -0.05) is 68.1 Å². The molecule has 116 valence electrons. The van der Waals surface area contributed by atoms with Crippen LogP contribution in [0.4, 0.5) is 0 Å². The molecule has 0 aromatic heterocycles. The first-order valence-electron chi connectivity index (χ1n) is 8.26. The Morgan fingerprint density at radius 1 is 0.818 bits per heavy atom. The lowest BCUT2D eigenvalue weighted by Crippen LogP contribution is -2.24. The van der Waals surface area contributed by atoms with Gasteiger partial charge in [0.1, 0.15) is 12.4 Å². The van der Waals surface area contributed by atoms with Crippen LogP contribution >= 0.6 is 0 Å². The van der Waals surface area contributed by atoms with Gasteiger partial charge in [-0.3, -0.25) is 0 Å². The molecular formula is C20H24O2. The summed E-state index contributed by atoms with van der Waals surface area (Å²) >= 11 is 0. The molecule has 2 heteroatoms. The summed E-state index contributed by atoms with van der Waals surface area (Å²) in [5.41, 5.74) is 1.55. The molecule has 3 rings (SSSR count). The minimum atomic E-state index is -0.644. The topological polar surface area (TPSA) is 29.5 Å². The first kappa shape index (κ1) is 15.1. The van der Waals surface area contributed by atoms with Gasteiger partial charge in [0.05, 0.1) is 5.60 Å². The van der Waals surface area contributed by atoms with Crippen molar-refractivity contribution in [1.29, 1.82) is 0 Å². The van der Waals surface area contributed by atoms with Crippen LogP contribution in [0.3, 0.4) is 0 Å². The van der Waals surface area contributed by atoms with Crippen LogP contribution in [0.15, 0.2) is 54.6 Å². The van der Waals surface area contributed by atoms with Gasteiger partial charge in [0, 0.05) is 0 Å². The van der Waals surface area contributed by atoms with Crippen molar-refractivity contribution < 1.29 is 9.84 Å². The summed E-state index contributed by atoms with van der Waals surface area (Å²) < 4.78 is 5.81. The molecule has 2 aromatic rings. The Hall–Kier alpha value is -1.80. The van der Waals surface area contributed by atoms with E-state index in [-0.39, 0.29) is 0 Å². The fourth-order valence-electron chi connectivity index (χ4n) is 3.20. The van der Waals surface area contributed by atoms with Crippen molar-refractivity contribution in [2.45, 2.75) is 50.7 Å². The quantitative estimate of drug-likeness (QED) is 0.821. The summed E-state index contributed by atoms with van der Waals surface area (Å²) in [6, 6.07) is 18.1. The first-order chi connectivity index (χ1) is 10.8. The van der Waals surface area contributed by atoms with Crippen LogP contribution in [0.25, 0.3) is 0 Å². The van der Waals surface area contributed by atoms with Gasteiger partial charge in [-0.05, 0) is 36.1 Å². The Labute approximate surface area is 132 Å². The van der Waals surface area contributed by atoms with Gasteiger partial charge in [0.2, 0.25) is 0 Å². The Kier molecular flexibility index (Phi) is 4.79. The van der Waals surface area contributed by atoms with E-state index in [2.05, 4.69) is 12.1 Å². The van der Waals surface area contributed by atoms with Crippen LogP contribution in [0.5, 0.6) is 5.75 Å². The zero-order valence-corrected chi connectivity index (χ0v) is 13.0. The van der Waals surface area contributed by atoms with Gasteiger partial charge < -0.3 is 9.84 Å². The van der Waals surface area contributed by atoms with Gasteiger partial charge in [0.15, 0.2) is 0 Å². The number of aliphatic hydroxyl groups is 1. The number of rotatable bonds is 4. The molecule has 2 aromatic carbocycles. The second kappa shape index (κ2) is 6.97. The minimum absolute atomic E-state index is 0.574. The summed E-state index contributed by atoms with van der Waals surface area (Å²) in [5, 5.41) is 10.9. The fourth-order valence-corrected chi connectivity index (χ4v) is 3.20. The molecule has 1 fully saturated rings. The maximum atomic E-state index is 10.9. The van der Waals surface area contributed by atoms with Gasteiger partial charge >= 0.3 is 0 Å². The Morgan fingerprint density at radius 2 is 1.45 bits per heavy atom. The molecule has 1 saturated carbocycles. The molecule has 0 radical (unpaired) electrons. The predicted octanol–water partition coefficient (Wildman–Crippen LogP) is 4.81. The molecule has 0 spiro atoms. The molecule has 0 heterocycles. The van der Waals surface area contributed by atoms with Crippen LogP contribution in [-0.2, 0) is 12.2 Å². The van der Waals surface area contributed by atoms with E-state index in [1.54, 1.807) is 0 Å². The summed E-state index contributed by atoms with van der Waals surface area (Å²) in [5.74, 6) is 0.852. The van der Waals surface area contributed by atoms with Gasteiger partial charge in [0.25, 0.3) is 0 Å². The standard InChI is InChI=1S/C20H24O2/c21-20(14-6-1-2-7-15-20)18-10-12-19(13-11-18)22-16-17-8-4-3-5-9-17/h3-5,8-13,21H,1-2,6-7,14-16H2. The highest BCUT2D eigenvalue weighted by atomic mass is 16.5. The van der Waals surface area contributed by atoms with Crippen molar-refractivity contribution in [2.75, 3.05) is 0 Å². The lowest BCUT2D eigenvalue weighted by molar-refractivity contribution is 0.0207. The molecule has 0 aliphatic heterocycles. The predicted molar refractivity (Wildman–Crippen MR) is 88.8 cm³/mol. The lowest BCUT2D eigenvalue weighted by Gasteiger charge is -2.27. The van der Waals surface area contributed by atoms with Crippen molar-refractivity contribution in [3.63, 3.8) is 0 Å². The highest BCUT2D eigenvalue weighted by Crippen LogP contribution is 2.36. The molecule has 22 heavy (non-hydrogen) atoms. The number of hydrogen-bond acceptors (Lipinski definition) is 2. The summed E-state index contributed by atoms with van der Waals surface area (Å²) in [4.78, 5) is 0. The van der Waals surface area contributed by atoms with Crippen molar-refractivity contribution in [1.82, 2.24) is 0 Å². The fraction of sp³-hybridized carbons (Fsp3) is 0.400. The molecule has 0 unspecified atom stereocenters. The van der Waals surface area contributed by atoms with Crippen molar-refractivity contribution in [2.24, 2.45) is 0 Å². The second-order valence-electron chi connectivity index (χ2n) is 6.24. The number of ether oxygens (including phenoxy) is 1. The third-order valence-electron chi connectivity index (χ3n) is 4.57. The molecule has 1 aliphatic carbocycles. The van der Waals surface area contributed by atoms with Crippen LogP contribution in [0, 0.1) is 0 Å². The zero-order valence-electron chi connectivity index (χ0n) is 13.0. The highest BCUT2D eigenvalue weighted by Gasteiger charge is 2.29. The third-order valence-corrected chi connectivity index (χ3v) is 4.57. The second-order valence-corrected chi connectivity index (χ2v) is 6.24. The molecule has 1 aliphatic rings. The summed E-state index contributed by atoms with van der Waals surface area (Å²) in [7, 11) is 0. The minimum Gasteiger partial charge on any atom is -0.489 e. The molecule has 1 N–H and O–H groups in total. The van der Waals surface area contributed by atoms with Gasteiger partial charge in [-0.2, -0.15) is 0 Å². The maximum absolute atomic E-state index is 10.9. The van der Waals surface area contributed by atoms with Crippen LogP contribution in [-0.4, -0.2) is 5.11 Å². The first-order valence-corrected chi connectivity index (χ1v) is 8.26. The Bertz CT molecular complexity index is 566. The van der Waals surface area contributed by atoms with E-state index in [4.69, 9.17) is 4.74 Å². The van der Waals surface area contributed by atoms with E-state index in [0.29, 0.717) is 6.61 Å². The Balaban J connectivity index is 1.64. The summed E-state index contributed by atoms with van der Waals surface area (Å²) in [6.07, 6.45) is 6.45. The number of benzene rings is 2. The van der Waals surface area contributed by atoms with E-state index in [1.165, 1.54) is 12.8 Å². The lowest BCUT2D eigenvalue weighted by atomic mass is 9.86. The molecule has 0 amide bonds. The largest absolute Gasteiger partial charge is 0.489 e. The van der Waals surface area contributed by atoms with Crippen LogP contribution < -0.4 is 4.74 Å².